The van der Waals surface area contributed by atoms with Gasteiger partial charge in [0.15, 0.2) is 11.5 Å². The van der Waals surface area contributed by atoms with Crippen LogP contribution in [0.3, 0.4) is 0 Å². The number of aliphatic carboxylic acids is 2. The number of methoxy groups -OCH3 is 2. The lowest BCUT2D eigenvalue weighted by Gasteiger charge is -2.34. The van der Waals surface area contributed by atoms with Crippen LogP contribution in [0.15, 0.2) is 16.6 Å². The van der Waals surface area contributed by atoms with Gasteiger partial charge in [-0.25, -0.2) is 0 Å². The van der Waals surface area contributed by atoms with Crippen LogP contribution in [0, 0.1) is 11.8 Å². The normalized spacial score (nSPS) is 27.4. The summed E-state index contributed by atoms with van der Waals surface area (Å²) in [5.41, 5.74) is -2.61. The van der Waals surface area contributed by atoms with Gasteiger partial charge in [0, 0.05) is 11.6 Å². The molecule has 4 atom stereocenters. The van der Waals surface area contributed by atoms with E-state index in [1.165, 1.54) is 14.2 Å². The molecule has 2 aliphatic rings. The van der Waals surface area contributed by atoms with Crippen LogP contribution in [-0.2, 0) is 19.2 Å². The highest BCUT2D eigenvalue weighted by Gasteiger charge is 2.70. The van der Waals surface area contributed by atoms with Crippen LogP contribution in [0.4, 0.5) is 0 Å². The molecule has 2 heterocycles. The van der Waals surface area contributed by atoms with E-state index in [4.69, 9.17) is 9.47 Å². The van der Waals surface area contributed by atoms with Crippen molar-refractivity contribution in [1.29, 1.82) is 0 Å². The second-order valence-electron chi connectivity index (χ2n) is 8.89. The summed E-state index contributed by atoms with van der Waals surface area (Å²) in [7, 11) is 2.88. The molecule has 3 rings (SSSR count). The number of halogens is 1. The summed E-state index contributed by atoms with van der Waals surface area (Å²) in [5, 5.41) is 22.4. The molecule has 2 fully saturated rings. The van der Waals surface area contributed by atoms with Gasteiger partial charge in [-0.05, 0) is 54.4 Å². The quantitative estimate of drug-likeness (QED) is 0.486. The number of amides is 2. The Bertz CT molecular complexity index is 1000. The number of carboxylic acid groups (broad SMARTS) is 2. The van der Waals surface area contributed by atoms with E-state index in [0.717, 1.165) is 4.90 Å². The number of rotatable bonds is 6. The van der Waals surface area contributed by atoms with Crippen LogP contribution in [-0.4, -0.2) is 64.2 Å². The maximum absolute atomic E-state index is 13.4. The van der Waals surface area contributed by atoms with Crippen LogP contribution in [0.2, 0.25) is 0 Å². The molecule has 32 heavy (non-hydrogen) atoms. The lowest BCUT2D eigenvalue weighted by atomic mass is 9.77. The zero-order valence-corrected chi connectivity index (χ0v) is 19.8. The molecule has 174 valence electrons. The summed E-state index contributed by atoms with van der Waals surface area (Å²) in [4.78, 5) is 51.9. The standard InChI is InChI=1S/C21H25BrN2O8/c1-20(2,3)24-17(27)13-14(18(24)28)21(19(29)30,8-12(25)26)23-15(13)9-6-10(22)16(32-5)11(7-9)31-4/h6-7,13-15,23H,8H2,1-5H3,(H,25,26)(H,29,30). The minimum atomic E-state index is -2.16. The van der Waals surface area contributed by atoms with E-state index in [9.17, 15) is 29.4 Å². The van der Waals surface area contributed by atoms with Crippen molar-refractivity contribution >= 4 is 39.7 Å². The number of ether oxygens (including phenoxy) is 2. The summed E-state index contributed by atoms with van der Waals surface area (Å²) in [5.74, 6) is -5.94. The smallest absolute Gasteiger partial charge is 0.325 e. The first-order valence-electron chi connectivity index (χ1n) is 9.82. The number of carbonyl (C=O) groups is 4. The number of imide groups is 1. The average molecular weight is 513 g/mol. The summed E-state index contributed by atoms with van der Waals surface area (Å²) in [6.07, 6.45) is -0.870. The van der Waals surface area contributed by atoms with Gasteiger partial charge in [0.05, 0.1) is 36.9 Å². The van der Waals surface area contributed by atoms with Gasteiger partial charge >= 0.3 is 11.9 Å². The van der Waals surface area contributed by atoms with Crippen molar-refractivity contribution in [2.75, 3.05) is 14.2 Å². The molecule has 2 amide bonds. The van der Waals surface area contributed by atoms with Crippen molar-refractivity contribution in [3.63, 3.8) is 0 Å². The lowest BCUT2D eigenvalue weighted by molar-refractivity contribution is -0.157. The molecule has 11 heteroatoms. The van der Waals surface area contributed by atoms with Gasteiger partial charge in [0.1, 0.15) is 5.54 Å². The van der Waals surface area contributed by atoms with Crippen molar-refractivity contribution in [2.24, 2.45) is 11.8 Å². The Morgan fingerprint density at radius 2 is 1.78 bits per heavy atom. The first-order valence-corrected chi connectivity index (χ1v) is 10.6. The van der Waals surface area contributed by atoms with Gasteiger partial charge in [-0.2, -0.15) is 0 Å². The number of hydrogen-bond acceptors (Lipinski definition) is 7. The number of fused-ring (bicyclic) bond motifs is 1. The minimum Gasteiger partial charge on any atom is -0.493 e. The maximum Gasteiger partial charge on any atom is 0.325 e. The van der Waals surface area contributed by atoms with Gasteiger partial charge in [-0.15, -0.1) is 0 Å². The van der Waals surface area contributed by atoms with Crippen LogP contribution in [0.25, 0.3) is 0 Å². The van der Waals surface area contributed by atoms with E-state index in [2.05, 4.69) is 21.2 Å². The fraction of sp³-hybridized carbons (Fsp3) is 0.524. The molecule has 3 N–H and O–H groups in total. The second-order valence-corrected chi connectivity index (χ2v) is 9.75. The Morgan fingerprint density at radius 3 is 2.25 bits per heavy atom. The SMILES string of the molecule is COc1cc(C2NC(CC(=O)O)(C(=O)O)C3C(=O)N(C(C)(C)C)C(=O)C23)cc(Br)c1OC. The Balaban J connectivity index is 2.24. The summed E-state index contributed by atoms with van der Waals surface area (Å²) in [6, 6.07) is 2.26. The minimum absolute atomic E-state index is 0.325. The zero-order chi connectivity index (χ0) is 24.2. The highest BCUT2D eigenvalue weighted by atomic mass is 79.9. The second kappa shape index (κ2) is 8.04. The molecule has 0 radical (unpaired) electrons. The predicted octanol–water partition coefficient (Wildman–Crippen LogP) is 1.81. The molecule has 0 bridgehead atoms. The zero-order valence-electron chi connectivity index (χ0n) is 18.3. The third-order valence-corrected chi connectivity index (χ3v) is 6.54. The third-order valence-electron chi connectivity index (χ3n) is 5.95. The third kappa shape index (κ3) is 3.53. The largest absolute Gasteiger partial charge is 0.493 e. The molecule has 4 unspecified atom stereocenters. The van der Waals surface area contributed by atoms with E-state index in [-0.39, 0.29) is 0 Å². The molecule has 0 aliphatic carbocycles. The monoisotopic (exact) mass is 512 g/mol. The van der Waals surface area contributed by atoms with Gasteiger partial charge in [-0.3, -0.25) is 29.4 Å². The lowest BCUT2D eigenvalue weighted by Crippen LogP contribution is -2.58. The van der Waals surface area contributed by atoms with E-state index in [0.29, 0.717) is 21.5 Å². The molecule has 10 nitrogen and oxygen atoms in total. The Labute approximate surface area is 193 Å². The van der Waals surface area contributed by atoms with Crippen molar-refractivity contribution in [3.8, 4) is 11.5 Å². The van der Waals surface area contributed by atoms with Gasteiger partial charge in [0.25, 0.3) is 0 Å². The van der Waals surface area contributed by atoms with Crippen LogP contribution >= 0.6 is 15.9 Å². The van der Waals surface area contributed by atoms with E-state index in [1.54, 1.807) is 32.9 Å². The van der Waals surface area contributed by atoms with Crippen molar-refractivity contribution < 1.29 is 38.9 Å². The van der Waals surface area contributed by atoms with Gasteiger partial charge < -0.3 is 19.7 Å². The number of hydrogen-bond donors (Lipinski definition) is 3. The van der Waals surface area contributed by atoms with Crippen molar-refractivity contribution in [1.82, 2.24) is 10.2 Å². The number of benzene rings is 1. The fourth-order valence-electron chi connectivity index (χ4n) is 4.74. The molecular weight excluding hydrogens is 488 g/mol. The molecule has 2 saturated heterocycles. The Hall–Kier alpha value is -2.66. The number of nitrogens with one attached hydrogen (secondary N) is 1. The summed E-state index contributed by atoms with van der Waals surface area (Å²) in [6.45, 7) is 5.00. The predicted molar refractivity (Wildman–Crippen MR) is 114 cm³/mol. The summed E-state index contributed by atoms with van der Waals surface area (Å²) >= 11 is 3.38. The van der Waals surface area contributed by atoms with Gasteiger partial charge in [-0.1, -0.05) is 0 Å². The Morgan fingerprint density at radius 1 is 1.16 bits per heavy atom. The van der Waals surface area contributed by atoms with E-state index in [1.807, 2.05) is 0 Å². The molecule has 2 aliphatic heterocycles. The number of likely N-dealkylation sites (tertiary alicyclic amines) is 1. The first kappa shape index (κ1) is 24.0. The topological polar surface area (TPSA) is 142 Å². The van der Waals surface area contributed by atoms with Crippen molar-refractivity contribution in [2.45, 2.75) is 44.3 Å². The van der Waals surface area contributed by atoms with E-state index >= 15 is 0 Å². The first-order chi connectivity index (χ1) is 14.8. The molecule has 0 saturated carbocycles. The number of nitrogens with zero attached hydrogens (tertiary/aromatic N) is 1. The molecular formula is C21H25BrN2O8. The molecule has 1 aromatic carbocycles. The van der Waals surface area contributed by atoms with Crippen molar-refractivity contribution in [3.05, 3.63) is 22.2 Å². The van der Waals surface area contributed by atoms with Gasteiger partial charge in [0.2, 0.25) is 11.8 Å². The highest BCUT2D eigenvalue weighted by Crippen LogP contribution is 2.52. The molecule has 0 spiro atoms. The van der Waals surface area contributed by atoms with Crippen LogP contribution in [0.5, 0.6) is 11.5 Å². The fourth-order valence-corrected chi connectivity index (χ4v) is 5.36. The average Bonchev–Trinajstić information content (AvgIpc) is 3.15. The van der Waals surface area contributed by atoms with Crippen LogP contribution < -0.4 is 14.8 Å². The summed E-state index contributed by atoms with van der Waals surface area (Å²) < 4.78 is 11.2. The molecule has 0 aromatic heterocycles. The number of carbonyl (C=O) groups excluding carboxylic acids is 2. The Kier molecular flexibility index (Phi) is 6.03. The number of carboxylic acids is 2. The van der Waals surface area contributed by atoms with E-state index < -0.39 is 59.1 Å². The maximum atomic E-state index is 13.4. The molecule has 1 aromatic rings. The van der Waals surface area contributed by atoms with Crippen LogP contribution in [0.1, 0.15) is 38.8 Å². The highest BCUT2D eigenvalue weighted by molar-refractivity contribution is 9.10.